The van der Waals surface area contributed by atoms with E-state index in [1.165, 1.54) is 12.1 Å². The molecule has 0 saturated heterocycles. The summed E-state index contributed by atoms with van der Waals surface area (Å²) in [7, 11) is -3.71. The molecule has 0 fully saturated rings. The van der Waals surface area contributed by atoms with Gasteiger partial charge in [-0.25, -0.2) is 8.42 Å². The van der Waals surface area contributed by atoms with Crippen LogP contribution in [0.25, 0.3) is 0 Å². The van der Waals surface area contributed by atoms with E-state index in [1.807, 2.05) is 0 Å². The van der Waals surface area contributed by atoms with Crippen LogP contribution in [-0.2, 0) is 10.0 Å². The average molecular weight is 362 g/mol. The van der Waals surface area contributed by atoms with Crippen molar-refractivity contribution >= 4 is 48.9 Å². The van der Waals surface area contributed by atoms with Gasteiger partial charge in [0.2, 0.25) is 0 Å². The number of anilines is 2. The number of halogens is 2. The highest BCUT2D eigenvalue weighted by Gasteiger charge is 2.17. The van der Waals surface area contributed by atoms with Crippen LogP contribution < -0.4 is 10.5 Å². The maximum atomic E-state index is 12.2. The molecule has 0 aliphatic rings. The maximum absolute atomic E-state index is 12.2. The molecule has 0 heterocycles. The second-order valence-corrected chi connectivity index (χ2v) is 6.80. The fraction of sp³-hybridized carbons (Fsp3) is 0. The molecule has 2 aromatic rings. The Labute approximate surface area is 124 Å². The Kier molecular flexibility index (Phi) is 4.03. The van der Waals surface area contributed by atoms with E-state index < -0.39 is 10.0 Å². The molecule has 3 N–H and O–H groups in total. The highest BCUT2D eigenvalue weighted by molar-refractivity contribution is 9.10. The Balaban J connectivity index is 2.35. The minimum absolute atomic E-state index is 0.0330. The predicted molar refractivity (Wildman–Crippen MR) is 80.8 cm³/mol. The Morgan fingerprint density at radius 2 is 1.74 bits per heavy atom. The number of hydrogen-bond acceptors (Lipinski definition) is 3. The van der Waals surface area contributed by atoms with Crippen molar-refractivity contribution in [3.05, 3.63) is 52.0 Å². The van der Waals surface area contributed by atoms with Crippen molar-refractivity contribution in [2.24, 2.45) is 0 Å². The lowest BCUT2D eigenvalue weighted by Gasteiger charge is -2.10. The lowest BCUT2D eigenvalue weighted by atomic mass is 10.3. The summed E-state index contributed by atoms with van der Waals surface area (Å²) in [6.07, 6.45) is 0. The van der Waals surface area contributed by atoms with Gasteiger partial charge in [0.25, 0.3) is 10.0 Å². The van der Waals surface area contributed by atoms with Gasteiger partial charge in [0.15, 0.2) is 0 Å². The van der Waals surface area contributed by atoms with Gasteiger partial charge in [-0.3, -0.25) is 4.72 Å². The Hall–Kier alpha value is -1.24. The summed E-state index contributed by atoms with van der Waals surface area (Å²) in [5.41, 5.74) is 6.31. The molecule has 0 radical (unpaired) electrons. The van der Waals surface area contributed by atoms with E-state index in [0.717, 1.165) is 4.47 Å². The summed E-state index contributed by atoms with van der Waals surface area (Å²) in [5.74, 6) is 0. The van der Waals surface area contributed by atoms with Crippen LogP contribution in [0.4, 0.5) is 11.4 Å². The van der Waals surface area contributed by atoms with Gasteiger partial charge < -0.3 is 5.73 Å². The molecule has 19 heavy (non-hydrogen) atoms. The fourth-order valence-corrected chi connectivity index (χ4v) is 3.17. The van der Waals surface area contributed by atoms with E-state index in [-0.39, 0.29) is 10.6 Å². The van der Waals surface area contributed by atoms with E-state index in [0.29, 0.717) is 10.7 Å². The van der Waals surface area contributed by atoms with E-state index in [1.54, 1.807) is 30.3 Å². The zero-order chi connectivity index (χ0) is 14.0. The summed E-state index contributed by atoms with van der Waals surface area (Å²) in [6.45, 7) is 0. The van der Waals surface area contributed by atoms with Gasteiger partial charge >= 0.3 is 0 Å². The molecule has 7 heteroatoms. The van der Waals surface area contributed by atoms with E-state index in [9.17, 15) is 8.42 Å². The highest BCUT2D eigenvalue weighted by atomic mass is 79.9. The summed E-state index contributed by atoms with van der Waals surface area (Å²) >= 11 is 8.97. The standard InChI is InChI=1S/C12H10BrClN2O2S/c13-8-1-6-12(11(15)7-8)19(17,18)16-10-4-2-9(14)3-5-10/h1-7,16H,15H2. The smallest absolute Gasteiger partial charge is 0.263 e. The van der Waals surface area contributed by atoms with Crippen molar-refractivity contribution in [3.63, 3.8) is 0 Å². The Morgan fingerprint density at radius 3 is 2.32 bits per heavy atom. The van der Waals surface area contributed by atoms with Crippen molar-refractivity contribution < 1.29 is 8.42 Å². The maximum Gasteiger partial charge on any atom is 0.263 e. The lowest BCUT2D eigenvalue weighted by molar-refractivity contribution is 0.601. The van der Waals surface area contributed by atoms with Gasteiger partial charge in [-0.2, -0.15) is 0 Å². The first-order chi connectivity index (χ1) is 8.88. The first-order valence-corrected chi connectivity index (χ1v) is 7.87. The first-order valence-electron chi connectivity index (χ1n) is 5.22. The third kappa shape index (κ3) is 3.40. The quantitative estimate of drug-likeness (QED) is 0.822. The van der Waals surface area contributed by atoms with Gasteiger partial charge in [-0.1, -0.05) is 27.5 Å². The summed E-state index contributed by atoms with van der Waals surface area (Å²) in [5, 5.41) is 0.533. The molecule has 2 rings (SSSR count). The molecule has 0 unspecified atom stereocenters. The molecule has 0 bridgehead atoms. The van der Waals surface area contributed by atoms with Gasteiger partial charge in [-0.15, -0.1) is 0 Å². The number of sulfonamides is 1. The van der Waals surface area contributed by atoms with Crippen LogP contribution in [0.5, 0.6) is 0 Å². The molecular weight excluding hydrogens is 352 g/mol. The first kappa shape index (κ1) is 14.2. The molecular formula is C12H10BrClN2O2S. The lowest BCUT2D eigenvalue weighted by Crippen LogP contribution is -2.14. The fourth-order valence-electron chi connectivity index (χ4n) is 1.49. The largest absolute Gasteiger partial charge is 0.398 e. The number of hydrogen-bond donors (Lipinski definition) is 2. The molecule has 0 aromatic heterocycles. The van der Waals surface area contributed by atoms with Crippen LogP contribution in [0.15, 0.2) is 51.8 Å². The van der Waals surface area contributed by atoms with Crippen molar-refractivity contribution in [1.29, 1.82) is 0 Å². The second kappa shape index (κ2) is 5.40. The van der Waals surface area contributed by atoms with Crippen molar-refractivity contribution in [2.45, 2.75) is 4.90 Å². The molecule has 0 aliphatic heterocycles. The number of nitrogens with one attached hydrogen (secondary N) is 1. The predicted octanol–water partition coefficient (Wildman–Crippen LogP) is 3.49. The van der Waals surface area contributed by atoms with Crippen LogP contribution in [0.1, 0.15) is 0 Å². The third-order valence-electron chi connectivity index (χ3n) is 2.36. The summed E-state index contributed by atoms with van der Waals surface area (Å²) in [6, 6.07) is 11.0. The third-order valence-corrected chi connectivity index (χ3v) is 4.56. The second-order valence-electron chi connectivity index (χ2n) is 3.79. The topological polar surface area (TPSA) is 72.2 Å². The average Bonchev–Trinajstić information content (AvgIpc) is 2.31. The van der Waals surface area contributed by atoms with Crippen LogP contribution in [0.3, 0.4) is 0 Å². The molecule has 0 amide bonds. The van der Waals surface area contributed by atoms with E-state index in [4.69, 9.17) is 17.3 Å². The van der Waals surface area contributed by atoms with E-state index >= 15 is 0 Å². The van der Waals surface area contributed by atoms with Gasteiger partial charge in [-0.05, 0) is 42.5 Å². The highest BCUT2D eigenvalue weighted by Crippen LogP contribution is 2.25. The van der Waals surface area contributed by atoms with Crippen molar-refractivity contribution in [3.8, 4) is 0 Å². The SMILES string of the molecule is Nc1cc(Br)ccc1S(=O)(=O)Nc1ccc(Cl)cc1. The number of rotatable bonds is 3. The normalized spacial score (nSPS) is 11.3. The van der Waals surface area contributed by atoms with Crippen molar-refractivity contribution in [1.82, 2.24) is 0 Å². The zero-order valence-corrected chi connectivity index (χ0v) is 12.8. The number of nitrogens with two attached hydrogens (primary N) is 1. The van der Waals surface area contributed by atoms with E-state index in [2.05, 4.69) is 20.7 Å². The van der Waals surface area contributed by atoms with Gasteiger partial charge in [0.1, 0.15) is 4.90 Å². The Morgan fingerprint density at radius 1 is 1.11 bits per heavy atom. The van der Waals surface area contributed by atoms with Crippen LogP contribution >= 0.6 is 27.5 Å². The van der Waals surface area contributed by atoms with Crippen LogP contribution in [-0.4, -0.2) is 8.42 Å². The molecule has 2 aromatic carbocycles. The Bertz CT molecular complexity index is 702. The molecule has 0 atom stereocenters. The molecule has 100 valence electrons. The molecule has 0 saturated carbocycles. The molecule has 0 spiro atoms. The van der Waals surface area contributed by atoms with Crippen LogP contribution in [0.2, 0.25) is 5.02 Å². The van der Waals surface area contributed by atoms with Gasteiger partial charge in [0.05, 0.1) is 5.69 Å². The zero-order valence-electron chi connectivity index (χ0n) is 9.60. The monoisotopic (exact) mass is 360 g/mol. The molecule has 4 nitrogen and oxygen atoms in total. The number of nitrogen functional groups attached to an aromatic ring is 1. The minimum atomic E-state index is -3.71. The number of benzene rings is 2. The summed E-state index contributed by atoms with van der Waals surface area (Å²) < 4.78 is 27.5. The van der Waals surface area contributed by atoms with Gasteiger partial charge in [0, 0.05) is 15.2 Å². The van der Waals surface area contributed by atoms with Crippen LogP contribution in [0, 0.1) is 0 Å². The van der Waals surface area contributed by atoms with Crippen molar-refractivity contribution in [2.75, 3.05) is 10.5 Å². The summed E-state index contributed by atoms with van der Waals surface area (Å²) in [4.78, 5) is 0.0330. The molecule has 0 aliphatic carbocycles. The minimum Gasteiger partial charge on any atom is -0.398 e.